The third-order valence-electron chi connectivity index (χ3n) is 3.12. The lowest BCUT2D eigenvalue weighted by Gasteiger charge is -2.13. The lowest BCUT2D eigenvalue weighted by atomic mass is 9.99. The van der Waals surface area contributed by atoms with Crippen LogP contribution in [0.1, 0.15) is 35.0 Å². The third kappa shape index (κ3) is 3.24. The van der Waals surface area contributed by atoms with Crippen LogP contribution in [0.2, 0.25) is 0 Å². The summed E-state index contributed by atoms with van der Waals surface area (Å²) in [7, 11) is -0.805. The van der Waals surface area contributed by atoms with Crippen LogP contribution in [0.15, 0.2) is 12.1 Å². The zero-order chi connectivity index (χ0) is 15.7. The van der Waals surface area contributed by atoms with Gasteiger partial charge in [-0.05, 0) is 18.1 Å². The highest BCUT2D eigenvalue weighted by molar-refractivity contribution is 7.46. The Morgan fingerprint density at radius 1 is 1.43 bits per heavy atom. The fourth-order valence-corrected chi connectivity index (χ4v) is 3.74. The first-order chi connectivity index (χ1) is 9.85. The van der Waals surface area contributed by atoms with Crippen molar-refractivity contribution in [3.63, 3.8) is 0 Å². The molecule has 0 saturated heterocycles. The number of hydrogen-bond acceptors (Lipinski definition) is 5. The molecule has 0 aliphatic rings. The predicted molar refractivity (Wildman–Crippen MR) is 83.0 cm³/mol. The number of Topliss-reactive ketones (excluding diaryl/α,β-unsaturated/α-hetero) is 1. The molecule has 1 heterocycles. The highest BCUT2D eigenvalue weighted by atomic mass is 32.1. The van der Waals surface area contributed by atoms with Crippen LogP contribution in [0.5, 0.6) is 5.75 Å². The summed E-state index contributed by atoms with van der Waals surface area (Å²) in [5, 5.41) is 0.369. The van der Waals surface area contributed by atoms with Gasteiger partial charge < -0.3 is 14.5 Å². The van der Waals surface area contributed by atoms with Gasteiger partial charge >= 0.3 is 0 Å². The van der Waals surface area contributed by atoms with Crippen molar-refractivity contribution in [3.8, 4) is 5.75 Å². The van der Waals surface area contributed by atoms with Gasteiger partial charge in [-0.2, -0.15) is 0 Å². The quantitative estimate of drug-likeness (QED) is 0.649. The van der Waals surface area contributed by atoms with Crippen LogP contribution in [0.4, 0.5) is 4.39 Å². The molecule has 0 saturated carbocycles. The van der Waals surface area contributed by atoms with Crippen molar-refractivity contribution in [2.75, 3.05) is 13.3 Å². The molecule has 0 aliphatic carbocycles. The number of hydrogen-bond donors (Lipinski definition) is 2. The van der Waals surface area contributed by atoms with Crippen LogP contribution in [-0.2, 0) is 0 Å². The Morgan fingerprint density at radius 2 is 2.10 bits per heavy atom. The minimum Gasteiger partial charge on any atom is -0.496 e. The van der Waals surface area contributed by atoms with Gasteiger partial charge in [-0.1, -0.05) is 13.8 Å². The van der Waals surface area contributed by atoms with Crippen molar-refractivity contribution in [2.45, 2.75) is 19.8 Å². The van der Waals surface area contributed by atoms with Gasteiger partial charge in [-0.25, -0.2) is 4.39 Å². The zero-order valence-corrected chi connectivity index (χ0v) is 13.6. The van der Waals surface area contributed by atoms with Crippen LogP contribution < -0.4 is 4.74 Å². The molecule has 1 aromatic carbocycles. The van der Waals surface area contributed by atoms with E-state index in [1.807, 2.05) is 13.8 Å². The average Bonchev–Trinajstić information content (AvgIpc) is 2.81. The van der Waals surface area contributed by atoms with Gasteiger partial charge in [0.15, 0.2) is 14.2 Å². The largest absolute Gasteiger partial charge is 0.496 e. The van der Waals surface area contributed by atoms with E-state index in [1.54, 1.807) is 6.07 Å². The molecule has 4 nitrogen and oxygen atoms in total. The average molecular weight is 330 g/mol. The van der Waals surface area contributed by atoms with Crippen molar-refractivity contribution >= 4 is 35.6 Å². The molecule has 0 unspecified atom stereocenters. The number of ketones is 1. The first kappa shape index (κ1) is 16.3. The first-order valence-electron chi connectivity index (χ1n) is 6.33. The highest BCUT2D eigenvalue weighted by Crippen LogP contribution is 2.39. The van der Waals surface area contributed by atoms with Gasteiger partial charge in [0.1, 0.15) is 11.6 Å². The van der Waals surface area contributed by atoms with E-state index in [2.05, 4.69) is 0 Å². The number of thiophene rings is 1. The molecule has 2 aromatic rings. The zero-order valence-electron chi connectivity index (χ0n) is 11.9. The lowest BCUT2D eigenvalue weighted by Crippen LogP contribution is -2.01. The molecule has 0 radical (unpaired) electrons. The third-order valence-corrected chi connectivity index (χ3v) is 4.81. The fourth-order valence-electron chi connectivity index (χ4n) is 2.18. The molecule has 114 valence electrons. The van der Waals surface area contributed by atoms with E-state index in [1.165, 1.54) is 13.2 Å². The second kappa shape index (κ2) is 6.36. The molecule has 7 heteroatoms. The number of fused-ring (bicyclic) bond motifs is 1. The molecule has 0 bridgehead atoms. The maximum Gasteiger partial charge on any atom is 0.181 e. The Labute approximate surface area is 127 Å². The van der Waals surface area contributed by atoms with Crippen molar-refractivity contribution < 1.29 is 23.7 Å². The van der Waals surface area contributed by atoms with Gasteiger partial charge in [0.25, 0.3) is 0 Å². The number of methoxy groups -OCH3 is 1. The second-order valence-electron chi connectivity index (χ2n) is 4.94. The van der Waals surface area contributed by atoms with Crippen molar-refractivity contribution in [1.82, 2.24) is 0 Å². The number of rotatable bonds is 5. The molecule has 2 rings (SSSR count). The van der Waals surface area contributed by atoms with Crippen LogP contribution in [0.3, 0.4) is 0 Å². The fraction of sp³-hybridized carbons (Fsp3) is 0.357. The van der Waals surface area contributed by atoms with Crippen molar-refractivity contribution in [1.29, 1.82) is 0 Å². The second-order valence-corrected chi connectivity index (χ2v) is 7.08. The first-order valence-corrected chi connectivity index (χ1v) is 8.58. The van der Waals surface area contributed by atoms with Crippen LogP contribution in [-0.4, -0.2) is 28.8 Å². The van der Waals surface area contributed by atoms with Gasteiger partial charge in [0.05, 0.1) is 18.1 Å². The maximum atomic E-state index is 14.6. The maximum absolute atomic E-state index is 14.6. The molecular weight excluding hydrogens is 314 g/mol. The summed E-state index contributed by atoms with van der Waals surface area (Å²) in [5.74, 6) is -0.366. The Bertz CT molecular complexity index is 681. The van der Waals surface area contributed by atoms with Crippen LogP contribution >= 0.6 is 19.7 Å². The summed E-state index contributed by atoms with van der Waals surface area (Å²) < 4.78 is 20.5. The van der Waals surface area contributed by atoms with Gasteiger partial charge in [-0.3, -0.25) is 4.79 Å². The Balaban J connectivity index is 2.58. The molecule has 21 heavy (non-hydrogen) atoms. The van der Waals surface area contributed by atoms with Crippen LogP contribution in [0.25, 0.3) is 10.1 Å². The van der Waals surface area contributed by atoms with E-state index in [9.17, 15) is 9.18 Å². The molecule has 0 spiro atoms. The Hall–Kier alpha value is -1.07. The van der Waals surface area contributed by atoms with E-state index in [0.29, 0.717) is 26.3 Å². The number of carbonyl (C=O) groups is 1. The van der Waals surface area contributed by atoms with Gasteiger partial charge in [0, 0.05) is 15.6 Å². The lowest BCUT2D eigenvalue weighted by molar-refractivity contribution is 0.102. The number of carbonyl (C=O) groups excluding carboxylic acids is 1. The van der Waals surface area contributed by atoms with Gasteiger partial charge in [0.2, 0.25) is 0 Å². The number of halogens is 1. The van der Waals surface area contributed by atoms with E-state index >= 15 is 0 Å². The topological polar surface area (TPSA) is 66.8 Å². The monoisotopic (exact) mass is 330 g/mol. The summed E-state index contributed by atoms with van der Waals surface area (Å²) in [6.07, 6.45) is -0.335. The molecule has 0 atom stereocenters. The molecule has 0 fully saturated rings. The number of ether oxygens (including phenoxy) is 1. The summed E-state index contributed by atoms with van der Waals surface area (Å²) >= 11 is 1.13. The number of benzene rings is 1. The van der Waals surface area contributed by atoms with Crippen molar-refractivity contribution in [2.24, 2.45) is 0 Å². The van der Waals surface area contributed by atoms with Crippen molar-refractivity contribution in [3.05, 3.63) is 28.4 Å². The minimum atomic E-state index is -2.29. The van der Waals surface area contributed by atoms with Gasteiger partial charge in [-0.15, -0.1) is 11.3 Å². The summed E-state index contributed by atoms with van der Waals surface area (Å²) in [6.45, 7) is 3.74. The normalized spacial score (nSPS) is 11.6. The van der Waals surface area contributed by atoms with E-state index in [0.717, 1.165) is 11.3 Å². The molecule has 0 amide bonds. The SMILES string of the molecule is COc1cc2sc(C(=O)CP(O)O)cc2c(F)c1C(C)C. The summed E-state index contributed by atoms with van der Waals surface area (Å²) in [6, 6.07) is 3.19. The molecule has 1 aromatic heterocycles. The van der Waals surface area contributed by atoms with E-state index in [4.69, 9.17) is 14.5 Å². The van der Waals surface area contributed by atoms with E-state index < -0.39 is 14.2 Å². The standard InChI is InChI=1S/C14H16FO4PS/c1-7(2)13-10(19-3)5-11-8(14(13)15)4-12(21-11)9(16)6-20(17)18/h4-5,7,17-18H,6H2,1-3H3. The molecule has 2 N–H and O–H groups in total. The Morgan fingerprint density at radius 3 is 2.62 bits per heavy atom. The van der Waals surface area contributed by atoms with Crippen LogP contribution in [0, 0.1) is 5.82 Å². The summed E-state index contributed by atoms with van der Waals surface area (Å²) in [5.41, 5.74) is 0.480. The Kier molecular flexibility index (Phi) is 4.94. The minimum absolute atomic E-state index is 0.0499. The highest BCUT2D eigenvalue weighted by Gasteiger charge is 2.21. The smallest absolute Gasteiger partial charge is 0.181 e. The van der Waals surface area contributed by atoms with E-state index in [-0.39, 0.29) is 17.9 Å². The molecular formula is C14H16FO4PS. The predicted octanol–water partition coefficient (Wildman–Crippen LogP) is 3.65. The molecule has 0 aliphatic heterocycles. The summed E-state index contributed by atoms with van der Waals surface area (Å²) in [4.78, 5) is 30.0.